The summed E-state index contributed by atoms with van der Waals surface area (Å²) in [5.74, 6) is 1.33. The third kappa shape index (κ3) is 5.56. The molecule has 1 aliphatic rings. The summed E-state index contributed by atoms with van der Waals surface area (Å²) in [6.07, 6.45) is 4.96. The molecule has 0 unspecified atom stereocenters. The van der Waals surface area contributed by atoms with Crippen molar-refractivity contribution in [2.24, 2.45) is 4.36 Å². The number of hydrogen-bond donors (Lipinski definition) is 1. The van der Waals surface area contributed by atoms with Crippen molar-refractivity contribution in [3.8, 4) is 5.69 Å². The minimum atomic E-state index is -2.19. The Morgan fingerprint density at radius 1 is 1.03 bits per heavy atom. The Balaban J connectivity index is 1.57. The number of aryl methyl sites for hydroxylation is 2. The van der Waals surface area contributed by atoms with Crippen LogP contribution in [0.4, 0.5) is 17.3 Å². The highest BCUT2D eigenvalue weighted by Gasteiger charge is 2.18. The van der Waals surface area contributed by atoms with Gasteiger partial charge >= 0.3 is 11.4 Å². The molecule has 3 heterocycles. The van der Waals surface area contributed by atoms with Gasteiger partial charge in [-0.2, -0.15) is 9.35 Å². The number of rotatable bonds is 6. The van der Waals surface area contributed by atoms with Crippen LogP contribution in [0.2, 0.25) is 5.02 Å². The maximum Gasteiger partial charge on any atom is 0.359 e. The van der Waals surface area contributed by atoms with Crippen molar-refractivity contribution in [1.29, 1.82) is 0 Å². The third-order valence-corrected chi connectivity index (χ3v) is 9.03. The number of pyridine rings is 1. The minimum Gasteiger partial charge on any atom is -0.325 e. The summed E-state index contributed by atoms with van der Waals surface area (Å²) >= 11 is 6.24. The molecule has 0 saturated carbocycles. The molecule has 0 spiro atoms. The maximum atomic E-state index is 13.7. The molecule has 1 N–H and O–H groups in total. The van der Waals surface area contributed by atoms with E-state index in [-0.39, 0.29) is 12.5 Å². The molecule has 4 aromatic rings. The van der Waals surface area contributed by atoms with E-state index in [4.69, 9.17) is 11.6 Å². The van der Waals surface area contributed by atoms with E-state index in [9.17, 15) is 13.8 Å². The number of aromatic nitrogens is 4. The number of hydrogen-bond acceptors (Lipinski definition) is 7. The smallest absolute Gasteiger partial charge is 0.325 e. The van der Waals surface area contributed by atoms with Crippen LogP contribution >= 0.6 is 11.6 Å². The lowest BCUT2D eigenvalue weighted by Crippen LogP contribution is -2.41. The maximum absolute atomic E-state index is 13.7. The first-order valence-electron chi connectivity index (χ1n) is 12.2. The molecule has 0 bridgehead atoms. The topological polar surface area (TPSA) is 111 Å². The van der Waals surface area contributed by atoms with E-state index < -0.39 is 21.1 Å². The lowest BCUT2D eigenvalue weighted by Gasteiger charge is -2.17. The lowest BCUT2D eigenvalue weighted by atomic mass is 10.1. The summed E-state index contributed by atoms with van der Waals surface area (Å²) in [7, 11) is -2.19. The van der Waals surface area contributed by atoms with Gasteiger partial charge in [-0.3, -0.25) is 9.55 Å². The summed E-state index contributed by atoms with van der Waals surface area (Å²) in [5.41, 5.74) is 2.83. The van der Waals surface area contributed by atoms with Gasteiger partial charge in [-0.05, 0) is 85.8 Å². The summed E-state index contributed by atoms with van der Waals surface area (Å²) in [6, 6.07) is 14.2. The average molecular weight is 551 g/mol. The Bertz CT molecular complexity index is 1740. The van der Waals surface area contributed by atoms with Gasteiger partial charge in [-0.25, -0.2) is 18.4 Å². The summed E-state index contributed by atoms with van der Waals surface area (Å²) in [5, 5.41) is 3.64. The van der Waals surface area contributed by atoms with Gasteiger partial charge in [0.25, 0.3) is 0 Å². The minimum absolute atomic E-state index is 0.0858. The molecule has 1 fully saturated rings. The molecule has 1 saturated heterocycles. The molecule has 2 aromatic carbocycles. The molecule has 196 valence electrons. The van der Waals surface area contributed by atoms with Crippen molar-refractivity contribution in [1.82, 2.24) is 19.1 Å². The van der Waals surface area contributed by atoms with Gasteiger partial charge in [-0.1, -0.05) is 17.7 Å². The normalized spacial score (nSPS) is 14.4. The Hall–Kier alpha value is -3.76. The fourth-order valence-electron chi connectivity index (χ4n) is 4.37. The average Bonchev–Trinajstić information content (AvgIpc) is 3.30. The number of benzene rings is 2. The highest BCUT2D eigenvalue weighted by atomic mass is 35.5. The monoisotopic (exact) mass is 550 g/mol. The van der Waals surface area contributed by atoms with Crippen LogP contribution in [0, 0.1) is 13.8 Å². The summed E-state index contributed by atoms with van der Waals surface area (Å²) < 4.78 is 19.6. The van der Waals surface area contributed by atoms with Gasteiger partial charge in [0.05, 0.1) is 33.8 Å². The molecule has 38 heavy (non-hydrogen) atoms. The Morgan fingerprint density at radius 2 is 1.76 bits per heavy atom. The summed E-state index contributed by atoms with van der Waals surface area (Å²) in [6.45, 7) is 3.89. The Labute approximate surface area is 225 Å². The molecule has 1 aliphatic heterocycles. The zero-order chi connectivity index (χ0) is 26.9. The van der Waals surface area contributed by atoms with E-state index in [0.29, 0.717) is 33.6 Å². The largest absolute Gasteiger partial charge is 0.359 e. The van der Waals surface area contributed by atoms with Crippen molar-refractivity contribution >= 4 is 38.7 Å². The molecule has 2 aromatic heterocycles. The van der Waals surface area contributed by atoms with Crippen LogP contribution in [-0.2, 0) is 16.3 Å². The van der Waals surface area contributed by atoms with Gasteiger partial charge < -0.3 is 5.32 Å². The molecular formula is C27H27ClN6O3S. The third-order valence-electron chi connectivity index (χ3n) is 6.40. The summed E-state index contributed by atoms with van der Waals surface area (Å²) in [4.78, 5) is 35.2. The van der Waals surface area contributed by atoms with Crippen LogP contribution in [0.3, 0.4) is 0 Å². The van der Waals surface area contributed by atoms with E-state index in [0.717, 1.165) is 34.1 Å². The molecular weight excluding hydrogens is 524 g/mol. The van der Waals surface area contributed by atoms with E-state index in [1.165, 1.54) is 10.8 Å². The molecule has 0 amide bonds. The van der Waals surface area contributed by atoms with Gasteiger partial charge in [0, 0.05) is 28.4 Å². The van der Waals surface area contributed by atoms with Gasteiger partial charge in [0.15, 0.2) is 0 Å². The zero-order valence-electron chi connectivity index (χ0n) is 21.1. The van der Waals surface area contributed by atoms with E-state index >= 15 is 0 Å². The number of nitrogens with one attached hydrogen (secondary N) is 1. The quantitative estimate of drug-likeness (QED) is 0.371. The zero-order valence-corrected chi connectivity index (χ0v) is 22.6. The number of anilines is 2. The standard InChI is InChI=1S/C27H27ClN6O3S/c1-18-13-24(16-29-15-18)34-26(35)31-25(33(27(34)36)17-20-14-21(28)6-5-19(20)2)30-22-7-9-23(10-8-22)32-38(37)11-3-4-12-38/h5-10,13-16H,3-4,11-12,17H2,1-2H3,(H,30,31,35). The first-order chi connectivity index (χ1) is 18.2. The predicted molar refractivity (Wildman–Crippen MR) is 151 cm³/mol. The molecule has 9 nitrogen and oxygen atoms in total. The van der Waals surface area contributed by atoms with E-state index in [2.05, 4.69) is 19.6 Å². The molecule has 5 rings (SSSR count). The second-order valence-corrected chi connectivity index (χ2v) is 12.3. The van der Waals surface area contributed by atoms with Gasteiger partial charge in [0.2, 0.25) is 5.95 Å². The fourth-order valence-corrected chi connectivity index (χ4v) is 6.77. The SMILES string of the molecule is Cc1cncc(-n2c(=O)nc(Nc3ccc(N=S4(=O)CCCC4)cc3)n(Cc3cc(Cl)ccc3C)c2=O)c1. The van der Waals surface area contributed by atoms with Crippen LogP contribution in [0.15, 0.2) is 74.9 Å². The molecule has 0 radical (unpaired) electrons. The van der Waals surface area contributed by atoms with Crippen LogP contribution in [0.5, 0.6) is 0 Å². The van der Waals surface area contributed by atoms with Crippen molar-refractivity contribution in [3.63, 3.8) is 0 Å². The van der Waals surface area contributed by atoms with E-state index in [1.54, 1.807) is 48.7 Å². The molecule has 0 atom stereocenters. The number of nitrogens with zero attached hydrogens (tertiary/aromatic N) is 5. The number of halogens is 1. The fraction of sp³-hybridized carbons (Fsp3) is 0.259. The van der Waals surface area contributed by atoms with Gasteiger partial charge in [0.1, 0.15) is 0 Å². The lowest BCUT2D eigenvalue weighted by molar-refractivity contribution is 0.655. The second kappa shape index (κ2) is 10.5. The van der Waals surface area contributed by atoms with Crippen molar-refractivity contribution < 1.29 is 4.21 Å². The van der Waals surface area contributed by atoms with Crippen LogP contribution in [0.1, 0.15) is 29.5 Å². The van der Waals surface area contributed by atoms with Crippen molar-refractivity contribution in [3.05, 3.63) is 104 Å². The van der Waals surface area contributed by atoms with Crippen LogP contribution in [0.25, 0.3) is 5.69 Å². The van der Waals surface area contributed by atoms with E-state index in [1.807, 2.05) is 19.9 Å². The Morgan fingerprint density at radius 3 is 2.47 bits per heavy atom. The van der Waals surface area contributed by atoms with Crippen LogP contribution in [-0.4, -0.2) is 34.8 Å². The Kier molecular flexibility index (Phi) is 7.18. The van der Waals surface area contributed by atoms with Crippen LogP contribution < -0.4 is 16.7 Å². The highest BCUT2D eigenvalue weighted by molar-refractivity contribution is 7.93. The predicted octanol–water partition coefficient (Wildman–Crippen LogP) is 4.74. The first kappa shape index (κ1) is 25.9. The molecule has 0 aliphatic carbocycles. The van der Waals surface area contributed by atoms with Crippen molar-refractivity contribution in [2.45, 2.75) is 33.2 Å². The van der Waals surface area contributed by atoms with Crippen molar-refractivity contribution in [2.75, 3.05) is 16.8 Å². The first-order valence-corrected chi connectivity index (χ1v) is 14.4. The highest BCUT2D eigenvalue weighted by Crippen LogP contribution is 2.24. The van der Waals surface area contributed by atoms with Gasteiger partial charge in [-0.15, -0.1) is 0 Å². The molecule has 11 heteroatoms. The second-order valence-electron chi connectivity index (χ2n) is 9.36.